The molecule has 14 heteroatoms. The molecule has 4 N–H and O–H groups in total. The number of rotatable bonds is 20. The average molecular weight is 1290 g/mol. The third-order valence-corrected chi connectivity index (χ3v) is 18.7. The summed E-state index contributed by atoms with van der Waals surface area (Å²) in [6.45, 7) is 0.738. The topological polar surface area (TPSA) is 185 Å². The van der Waals surface area contributed by atoms with Crippen molar-refractivity contribution < 1.29 is 28.5 Å². The number of benzene rings is 11. The zero-order chi connectivity index (χ0) is 66.3. The Morgan fingerprint density at radius 3 is 1.17 bits per heavy atom. The molecule has 0 spiro atoms. The van der Waals surface area contributed by atoms with E-state index in [1.807, 2.05) is 131 Å². The minimum absolute atomic E-state index is 0.0974. The van der Waals surface area contributed by atoms with Crippen LogP contribution in [0, 0.1) is 0 Å². The van der Waals surface area contributed by atoms with Gasteiger partial charge in [-0.2, -0.15) is 0 Å². The zero-order valence-electron chi connectivity index (χ0n) is 54.3. The van der Waals surface area contributed by atoms with Crippen molar-refractivity contribution in [1.29, 1.82) is 0 Å². The largest absolute Gasteiger partial charge is 0.487 e. The number of hydrogen-bond donors (Lipinski definition) is 2. The van der Waals surface area contributed by atoms with Crippen LogP contribution >= 0.6 is 0 Å². The molecule has 0 atom stereocenters. The smallest absolute Gasteiger partial charge is 0.195 e. The van der Waals surface area contributed by atoms with E-state index < -0.39 is 0 Å². The molecular weight excluding hydrogens is 1220 g/mol. The molecule has 484 valence electrons. The normalized spacial score (nSPS) is 13.1. The van der Waals surface area contributed by atoms with Crippen LogP contribution in [-0.4, -0.2) is 54.8 Å². The van der Waals surface area contributed by atoms with Gasteiger partial charge in [0.25, 0.3) is 0 Å². The third-order valence-electron chi connectivity index (χ3n) is 18.7. The highest BCUT2D eigenvalue weighted by Gasteiger charge is 2.25. The number of ether oxygens (including phenoxy) is 4. The second-order valence-electron chi connectivity index (χ2n) is 25.4. The maximum Gasteiger partial charge on any atom is 0.195 e. The summed E-state index contributed by atoms with van der Waals surface area (Å²) < 4.78 is 31.7. The first-order valence-corrected chi connectivity index (χ1v) is 33.4. The Bertz CT molecular complexity index is 4990. The highest BCUT2D eigenvalue weighted by Crippen LogP contribution is 2.41. The standard InChI is InChI=1S/C84H72N8O6/c85-79(55-19-3-1-4-20-55)45-71(93)53-97-83-65-31-17-32-66(83)42-62-28-16-30-64(82(62)96-52-70-48-92(90-88-70)50-78-75-37-13-9-25-59(75)40-60-26-10-14-38-76(60)78)44-68-34-18-33-67(84(68)98-54-72(94)46-80(86)56-21-5-2-6-22-56)43-63-29-15-27-61(41-65)81(63)95-51-69-47-91(89-87-69)49-77-73-35-11-7-23-57(73)39-58-24-8-12-36-74(58)77/h1-9,11-13,15-25,27-37,39-40,45-48H,10,14,26,38,41-44,49-54,85-86H2/b79-45-,80-46-. The summed E-state index contributed by atoms with van der Waals surface area (Å²) in [5.41, 5.74) is 28.6. The summed E-state index contributed by atoms with van der Waals surface area (Å²) in [5, 5.41) is 25.9. The lowest BCUT2D eigenvalue weighted by molar-refractivity contribution is -0.117. The molecule has 2 aromatic heterocycles. The summed E-state index contributed by atoms with van der Waals surface area (Å²) in [7, 11) is 0. The molecule has 2 heterocycles. The van der Waals surface area contributed by atoms with Gasteiger partial charge in [-0.3, -0.25) is 9.59 Å². The van der Waals surface area contributed by atoms with E-state index in [-0.39, 0.29) is 38.0 Å². The number of carbonyl (C=O) groups is 2. The van der Waals surface area contributed by atoms with Crippen LogP contribution in [0.25, 0.3) is 43.7 Å². The zero-order valence-corrected chi connectivity index (χ0v) is 54.3. The van der Waals surface area contributed by atoms with E-state index in [1.54, 1.807) is 0 Å². The molecule has 98 heavy (non-hydrogen) atoms. The van der Waals surface area contributed by atoms with Crippen LogP contribution < -0.4 is 30.4 Å². The van der Waals surface area contributed by atoms with Crippen molar-refractivity contribution in [2.24, 2.45) is 11.5 Å². The van der Waals surface area contributed by atoms with Gasteiger partial charge in [0, 0.05) is 49.2 Å². The fraction of sp³-hybridized carbons (Fsp3) is 0.167. The molecule has 2 aliphatic carbocycles. The van der Waals surface area contributed by atoms with E-state index >= 15 is 0 Å². The SMILES string of the molecule is N/C(=C\C(=O)COc1c2cccc1Cc1cccc(c1OCc1cn(Cc3c4ccccc4cc4ccccc34)nn1)Cc1cccc(c1OCC(=O)/C=C(\N)c1ccccc1)Cc1cccc(c1OCc1cn(Cc3c4c(cc5ccccc35)CCCC4)nn1)C2)c1ccccc1. The molecule has 2 aliphatic rings. The molecule has 14 nitrogen and oxygen atoms in total. The van der Waals surface area contributed by atoms with Crippen LogP contribution in [-0.2, 0) is 74.4 Å². The van der Waals surface area contributed by atoms with Crippen molar-refractivity contribution in [3.8, 4) is 23.0 Å². The van der Waals surface area contributed by atoms with Gasteiger partial charge in [0.2, 0.25) is 0 Å². The third kappa shape index (κ3) is 13.7. The maximum atomic E-state index is 14.1. The summed E-state index contributed by atoms with van der Waals surface area (Å²) in [6.07, 6.45) is 12.7. The lowest BCUT2D eigenvalue weighted by atomic mass is 9.85. The number of aromatic nitrogens is 6. The molecule has 0 radical (unpaired) electrons. The molecular formula is C84H72N8O6. The summed E-state index contributed by atoms with van der Waals surface area (Å²) >= 11 is 0. The van der Waals surface area contributed by atoms with Crippen molar-refractivity contribution >= 4 is 55.3 Å². The van der Waals surface area contributed by atoms with E-state index in [9.17, 15) is 9.59 Å². The monoisotopic (exact) mass is 1290 g/mol. The second kappa shape index (κ2) is 28.2. The van der Waals surface area contributed by atoms with Crippen molar-refractivity contribution in [2.45, 2.75) is 77.7 Å². The van der Waals surface area contributed by atoms with E-state index in [0.29, 0.717) is 84.6 Å². The molecule has 0 saturated carbocycles. The fourth-order valence-electron chi connectivity index (χ4n) is 14.1. The minimum atomic E-state index is -0.294. The molecule has 0 saturated heterocycles. The lowest BCUT2D eigenvalue weighted by Gasteiger charge is -2.22. The van der Waals surface area contributed by atoms with Gasteiger partial charge >= 0.3 is 0 Å². The summed E-state index contributed by atoms with van der Waals surface area (Å²) in [5.74, 6) is 1.82. The van der Waals surface area contributed by atoms with E-state index in [2.05, 4.69) is 114 Å². The van der Waals surface area contributed by atoms with Gasteiger partial charge in [-0.05, 0) is 142 Å². The number of carbonyl (C=O) groups excluding carboxylic acids is 2. The Kier molecular flexibility index (Phi) is 17.9. The molecule has 11 aromatic carbocycles. The predicted octanol–water partition coefficient (Wildman–Crippen LogP) is 15.0. The Hall–Kier alpha value is -11.9. The lowest BCUT2D eigenvalue weighted by Crippen LogP contribution is -2.14. The minimum Gasteiger partial charge on any atom is -0.487 e. The first-order valence-electron chi connectivity index (χ1n) is 33.4. The number of hydrogen-bond acceptors (Lipinski definition) is 12. The van der Waals surface area contributed by atoms with Crippen LogP contribution in [0.5, 0.6) is 23.0 Å². The Balaban J connectivity index is 0.805. The Morgan fingerprint density at radius 2 is 0.745 bits per heavy atom. The predicted molar refractivity (Wildman–Crippen MR) is 384 cm³/mol. The van der Waals surface area contributed by atoms with E-state index in [4.69, 9.17) is 45.8 Å². The van der Waals surface area contributed by atoms with Crippen LogP contribution in [0.3, 0.4) is 0 Å². The van der Waals surface area contributed by atoms with Gasteiger partial charge in [0.05, 0.1) is 25.5 Å². The second-order valence-corrected chi connectivity index (χ2v) is 25.4. The van der Waals surface area contributed by atoms with Crippen molar-refractivity contribution in [1.82, 2.24) is 30.0 Å². The van der Waals surface area contributed by atoms with Gasteiger partial charge in [-0.25, -0.2) is 9.36 Å². The van der Waals surface area contributed by atoms with E-state index in [0.717, 1.165) is 102 Å². The first-order chi connectivity index (χ1) is 48.2. The highest BCUT2D eigenvalue weighted by molar-refractivity contribution is 6.02. The molecule has 8 bridgehead atoms. The number of nitrogens with two attached hydrogens (primary N) is 2. The Labute approximate surface area is 568 Å². The van der Waals surface area contributed by atoms with Crippen LogP contribution in [0.1, 0.15) is 102 Å². The van der Waals surface area contributed by atoms with Gasteiger partial charge in [0.15, 0.2) is 24.8 Å². The number of ketones is 2. The number of nitrogens with zero attached hydrogens (tertiary/aromatic N) is 6. The van der Waals surface area contributed by atoms with Gasteiger partial charge in [-0.1, -0.05) is 223 Å². The maximum absolute atomic E-state index is 14.1. The quantitative estimate of drug-likeness (QED) is 0.0544. The number of para-hydroxylation sites is 4. The molecule has 0 amide bonds. The molecule has 15 rings (SSSR count). The van der Waals surface area contributed by atoms with Crippen molar-refractivity contribution in [2.75, 3.05) is 13.2 Å². The number of aryl methyl sites for hydroxylation is 1. The Morgan fingerprint density at radius 1 is 0.388 bits per heavy atom. The van der Waals surface area contributed by atoms with Gasteiger partial charge in [0.1, 0.15) is 47.6 Å². The molecule has 0 aliphatic heterocycles. The van der Waals surface area contributed by atoms with Crippen LogP contribution in [0.2, 0.25) is 0 Å². The first kappa shape index (κ1) is 62.2. The average Bonchev–Trinajstić information content (AvgIpc) is 1.40. The van der Waals surface area contributed by atoms with Crippen molar-refractivity contribution in [3.63, 3.8) is 0 Å². The van der Waals surface area contributed by atoms with Crippen LogP contribution in [0.15, 0.2) is 243 Å². The molecule has 13 aromatic rings. The fourth-order valence-corrected chi connectivity index (χ4v) is 14.1. The van der Waals surface area contributed by atoms with E-state index in [1.165, 1.54) is 46.0 Å². The van der Waals surface area contributed by atoms with Crippen molar-refractivity contribution in [3.05, 3.63) is 332 Å². The summed E-state index contributed by atoms with van der Waals surface area (Å²) in [4.78, 5) is 28.1. The summed E-state index contributed by atoms with van der Waals surface area (Å²) in [6, 6.07) is 73.5. The van der Waals surface area contributed by atoms with Gasteiger partial charge < -0.3 is 30.4 Å². The molecule has 0 fully saturated rings. The highest BCUT2D eigenvalue weighted by atomic mass is 16.5. The molecule has 0 unspecified atom stereocenters. The van der Waals surface area contributed by atoms with Gasteiger partial charge in [-0.15, -0.1) is 10.2 Å². The number of fused-ring (bicyclic) bond motifs is 12. The van der Waals surface area contributed by atoms with Crippen LogP contribution in [0.4, 0.5) is 0 Å².